The Morgan fingerprint density at radius 1 is 1.43 bits per heavy atom. The molecule has 2 aromatic heterocycles. The summed E-state index contributed by atoms with van der Waals surface area (Å²) < 4.78 is 7.30. The summed E-state index contributed by atoms with van der Waals surface area (Å²) in [6.07, 6.45) is 0.972. The second kappa shape index (κ2) is 6.72. The van der Waals surface area contributed by atoms with E-state index in [0.717, 1.165) is 40.9 Å². The maximum atomic E-state index is 6.16. The van der Waals surface area contributed by atoms with Gasteiger partial charge in [-0.05, 0) is 20.3 Å². The van der Waals surface area contributed by atoms with Crippen molar-refractivity contribution in [3.63, 3.8) is 0 Å². The summed E-state index contributed by atoms with van der Waals surface area (Å²) >= 11 is 6.16. The van der Waals surface area contributed by atoms with Crippen LogP contribution in [-0.4, -0.2) is 39.5 Å². The highest BCUT2D eigenvalue weighted by molar-refractivity contribution is 6.31. The Hall–Kier alpha value is -1.86. The van der Waals surface area contributed by atoms with Gasteiger partial charge in [-0.15, -0.1) is 0 Å². The quantitative estimate of drug-likeness (QED) is 0.869. The van der Waals surface area contributed by atoms with Crippen molar-refractivity contribution in [2.45, 2.75) is 32.7 Å². The number of hydrogen-bond donors (Lipinski definition) is 2. The van der Waals surface area contributed by atoms with E-state index in [2.05, 4.69) is 20.4 Å². The molecule has 0 aliphatic carbocycles. The monoisotopic (exact) mass is 336 g/mol. The van der Waals surface area contributed by atoms with Crippen LogP contribution in [0.25, 0.3) is 0 Å². The number of nitrogens with one attached hydrogen (secondary N) is 1. The van der Waals surface area contributed by atoms with Crippen LogP contribution in [0.3, 0.4) is 0 Å². The third-order valence-corrected chi connectivity index (χ3v) is 4.58. The largest absolute Gasteiger partial charge is 0.381 e. The molecule has 23 heavy (non-hydrogen) atoms. The summed E-state index contributed by atoms with van der Waals surface area (Å²) in [4.78, 5) is 8.56. The van der Waals surface area contributed by atoms with E-state index in [0.29, 0.717) is 25.6 Å². The Kier molecular flexibility index (Phi) is 4.68. The molecule has 0 amide bonds. The first-order valence-electron chi connectivity index (χ1n) is 7.70. The minimum atomic E-state index is 0.283. The van der Waals surface area contributed by atoms with E-state index in [9.17, 15) is 0 Å². The molecular weight excluding hydrogens is 316 g/mol. The van der Waals surface area contributed by atoms with Gasteiger partial charge in [-0.25, -0.2) is 4.98 Å². The van der Waals surface area contributed by atoms with Gasteiger partial charge in [-0.3, -0.25) is 4.68 Å². The molecule has 0 spiro atoms. The predicted octanol–water partition coefficient (Wildman–Crippen LogP) is 2.14. The first-order chi connectivity index (χ1) is 11.0. The normalized spacial score (nSPS) is 17.6. The van der Waals surface area contributed by atoms with Gasteiger partial charge in [0.2, 0.25) is 5.95 Å². The minimum absolute atomic E-state index is 0.283. The lowest BCUT2D eigenvalue weighted by atomic mass is 10.0. The van der Waals surface area contributed by atoms with Gasteiger partial charge in [0, 0.05) is 25.1 Å². The lowest BCUT2D eigenvalue weighted by Gasteiger charge is -2.12. The number of anilines is 2. The number of aromatic nitrogens is 4. The van der Waals surface area contributed by atoms with Crippen molar-refractivity contribution in [3.05, 3.63) is 28.2 Å². The van der Waals surface area contributed by atoms with Gasteiger partial charge in [-0.2, -0.15) is 10.1 Å². The topological polar surface area (TPSA) is 90.9 Å². The third-order valence-electron chi connectivity index (χ3n) is 4.03. The summed E-state index contributed by atoms with van der Waals surface area (Å²) in [5.41, 5.74) is 8.57. The maximum Gasteiger partial charge on any atom is 0.222 e. The van der Waals surface area contributed by atoms with Crippen LogP contribution < -0.4 is 11.1 Å². The molecule has 3 heterocycles. The average molecular weight is 337 g/mol. The lowest BCUT2D eigenvalue weighted by molar-refractivity contribution is 0.193. The number of rotatable bonds is 5. The number of hydrogen-bond acceptors (Lipinski definition) is 6. The molecule has 7 nitrogen and oxygen atoms in total. The van der Waals surface area contributed by atoms with Crippen LogP contribution >= 0.6 is 11.6 Å². The molecule has 0 aromatic carbocycles. The van der Waals surface area contributed by atoms with Crippen molar-refractivity contribution in [1.82, 2.24) is 19.7 Å². The molecule has 3 N–H and O–H groups in total. The molecule has 124 valence electrons. The van der Waals surface area contributed by atoms with E-state index in [1.165, 1.54) is 0 Å². The Balaban J connectivity index is 1.64. The molecule has 0 unspecified atom stereocenters. The van der Waals surface area contributed by atoms with Crippen LogP contribution in [0.4, 0.5) is 11.8 Å². The first-order valence-corrected chi connectivity index (χ1v) is 8.08. The summed E-state index contributed by atoms with van der Waals surface area (Å²) in [5.74, 6) is 1.31. The molecular formula is C15H21ClN6O. The number of nitrogens with two attached hydrogens (primary N) is 1. The molecule has 1 fully saturated rings. The zero-order chi connectivity index (χ0) is 16.4. The zero-order valence-corrected chi connectivity index (χ0v) is 14.1. The van der Waals surface area contributed by atoms with Gasteiger partial charge >= 0.3 is 0 Å². The van der Waals surface area contributed by atoms with Crippen LogP contribution in [0.1, 0.15) is 29.4 Å². The predicted molar refractivity (Wildman–Crippen MR) is 89.8 cm³/mol. The molecule has 1 aliphatic heterocycles. The van der Waals surface area contributed by atoms with Crippen molar-refractivity contribution >= 4 is 23.4 Å². The highest BCUT2D eigenvalue weighted by Crippen LogP contribution is 2.25. The lowest BCUT2D eigenvalue weighted by Crippen LogP contribution is -2.15. The van der Waals surface area contributed by atoms with Crippen molar-refractivity contribution in [2.75, 3.05) is 30.8 Å². The summed E-state index contributed by atoms with van der Waals surface area (Å²) in [6, 6.07) is 1.95. The van der Waals surface area contributed by atoms with Crippen molar-refractivity contribution in [1.29, 1.82) is 0 Å². The Bertz CT molecular complexity index is 696. The first kappa shape index (κ1) is 16.0. The minimum Gasteiger partial charge on any atom is -0.381 e. The fraction of sp³-hybridized carbons (Fsp3) is 0.533. The second-order valence-corrected chi connectivity index (χ2v) is 6.11. The molecule has 3 rings (SSSR count). The SMILES string of the molecule is Cc1nn(CCNc2cc([C@H]3CCOC3)nc(N)n2)c(C)c1Cl. The molecule has 0 bridgehead atoms. The Morgan fingerprint density at radius 2 is 2.26 bits per heavy atom. The molecule has 1 saturated heterocycles. The van der Waals surface area contributed by atoms with E-state index < -0.39 is 0 Å². The number of ether oxygens (including phenoxy) is 1. The molecule has 1 atom stereocenters. The van der Waals surface area contributed by atoms with Crippen molar-refractivity contribution < 1.29 is 4.74 Å². The van der Waals surface area contributed by atoms with Crippen LogP contribution in [0.15, 0.2) is 6.07 Å². The molecule has 2 aromatic rings. The maximum absolute atomic E-state index is 6.16. The highest BCUT2D eigenvalue weighted by atomic mass is 35.5. The smallest absolute Gasteiger partial charge is 0.222 e. The van der Waals surface area contributed by atoms with Crippen molar-refractivity contribution in [3.8, 4) is 0 Å². The van der Waals surface area contributed by atoms with Crippen LogP contribution in [-0.2, 0) is 11.3 Å². The third kappa shape index (κ3) is 3.56. The molecule has 1 aliphatic rings. The number of aryl methyl sites for hydroxylation is 1. The molecule has 0 saturated carbocycles. The highest BCUT2D eigenvalue weighted by Gasteiger charge is 2.20. The van der Waals surface area contributed by atoms with E-state index in [-0.39, 0.29) is 5.95 Å². The van der Waals surface area contributed by atoms with Gasteiger partial charge in [0.05, 0.1) is 35.3 Å². The van der Waals surface area contributed by atoms with E-state index in [1.54, 1.807) is 0 Å². The number of nitrogens with zero attached hydrogens (tertiary/aromatic N) is 4. The van der Waals surface area contributed by atoms with Gasteiger partial charge in [-0.1, -0.05) is 11.6 Å². The summed E-state index contributed by atoms with van der Waals surface area (Å²) in [5, 5.41) is 8.41. The number of halogens is 1. The van der Waals surface area contributed by atoms with Gasteiger partial charge in [0.15, 0.2) is 0 Å². The second-order valence-electron chi connectivity index (χ2n) is 5.73. The average Bonchev–Trinajstić information content (AvgIpc) is 3.13. The summed E-state index contributed by atoms with van der Waals surface area (Å²) in [6.45, 7) is 6.71. The Labute approximate surface area is 140 Å². The Morgan fingerprint density at radius 3 is 2.91 bits per heavy atom. The van der Waals surface area contributed by atoms with E-state index in [1.807, 2.05) is 24.6 Å². The van der Waals surface area contributed by atoms with Crippen molar-refractivity contribution in [2.24, 2.45) is 0 Å². The summed E-state index contributed by atoms with van der Waals surface area (Å²) in [7, 11) is 0. The van der Waals surface area contributed by atoms with Gasteiger partial charge < -0.3 is 15.8 Å². The fourth-order valence-corrected chi connectivity index (χ4v) is 2.87. The van der Waals surface area contributed by atoms with E-state index in [4.69, 9.17) is 22.1 Å². The van der Waals surface area contributed by atoms with Crippen LogP contribution in [0.5, 0.6) is 0 Å². The van der Waals surface area contributed by atoms with Crippen LogP contribution in [0.2, 0.25) is 5.02 Å². The van der Waals surface area contributed by atoms with E-state index >= 15 is 0 Å². The van der Waals surface area contributed by atoms with Gasteiger partial charge in [0.25, 0.3) is 0 Å². The fourth-order valence-electron chi connectivity index (χ4n) is 2.74. The van der Waals surface area contributed by atoms with Crippen LogP contribution in [0, 0.1) is 13.8 Å². The molecule has 0 radical (unpaired) electrons. The molecule has 8 heteroatoms. The zero-order valence-electron chi connectivity index (χ0n) is 13.3. The van der Waals surface area contributed by atoms with Gasteiger partial charge in [0.1, 0.15) is 5.82 Å². The standard InChI is InChI=1S/C15H21ClN6O/c1-9-14(16)10(2)22(21-9)5-4-18-13-7-12(19-15(17)20-13)11-3-6-23-8-11/h7,11H,3-6,8H2,1-2H3,(H3,17,18,19,20)/t11-/m0/s1. The number of nitrogen functional groups attached to an aromatic ring is 1.